The molecular formula is C18H31N9O5S2. The van der Waals surface area contributed by atoms with Crippen LogP contribution in [0.5, 0.6) is 0 Å². The van der Waals surface area contributed by atoms with E-state index in [-0.39, 0.29) is 17.9 Å². The Balaban J connectivity index is 2.16. The van der Waals surface area contributed by atoms with Gasteiger partial charge >= 0.3 is 0 Å². The van der Waals surface area contributed by atoms with Crippen molar-refractivity contribution >= 4 is 25.7 Å². The minimum absolute atomic E-state index is 0.0595. The Morgan fingerprint density at radius 2 is 1.97 bits per heavy atom. The van der Waals surface area contributed by atoms with Crippen molar-refractivity contribution in [2.24, 2.45) is 22.5 Å². The molecule has 1 aliphatic heterocycles. The van der Waals surface area contributed by atoms with E-state index in [1.54, 1.807) is 0 Å². The van der Waals surface area contributed by atoms with E-state index in [0.29, 0.717) is 31.2 Å². The Labute approximate surface area is 198 Å². The molecule has 2 heterocycles. The molecule has 1 fully saturated rings. The second-order valence-corrected chi connectivity index (χ2v) is 11.4. The lowest BCUT2D eigenvalue weighted by Crippen LogP contribution is -2.37. The van der Waals surface area contributed by atoms with E-state index in [2.05, 4.69) is 25.3 Å². The predicted molar refractivity (Wildman–Crippen MR) is 124 cm³/mol. The number of anilines is 1. The van der Waals surface area contributed by atoms with Crippen LogP contribution in [0.25, 0.3) is 11.4 Å². The zero-order valence-electron chi connectivity index (χ0n) is 18.6. The third-order valence-electron chi connectivity index (χ3n) is 5.79. The maximum Gasteiger partial charge on any atom is 0.242 e. The first-order valence-corrected chi connectivity index (χ1v) is 13.9. The number of aromatic amines is 1. The van der Waals surface area contributed by atoms with Crippen LogP contribution in [-0.4, -0.2) is 81.4 Å². The van der Waals surface area contributed by atoms with Crippen molar-refractivity contribution in [3.8, 4) is 11.4 Å². The number of benzene rings is 1. The summed E-state index contributed by atoms with van der Waals surface area (Å²) in [5.41, 5.74) is 11.4. The van der Waals surface area contributed by atoms with Gasteiger partial charge in [-0.1, -0.05) is 0 Å². The number of nitrogens with two attached hydrogens (primary N) is 3. The fourth-order valence-corrected chi connectivity index (χ4v) is 6.76. The quantitative estimate of drug-likeness (QED) is 0.203. The van der Waals surface area contributed by atoms with Gasteiger partial charge in [-0.05, 0) is 55.5 Å². The topological polar surface area (TPSA) is 236 Å². The molecule has 190 valence electrons. The first-order chi connectivity index (χ1) is 16.1. The number of hydrogen-bond acceptors (Lipinski definition) is 11. The van der Waals surface area contributed by atoms with Crippen LogP contribution >= 0.6 is 0 Å². The van der Waals surface area contributed by atoms with Gasteiger partial charge in [0.25, 0.3) is 0 Å². The lowest BCUT2D eigenvalue weighted by molar-refractivity contribution is 0.186. The zero-order valence-corrected chi connectivity index (χ0v) is 20.2. The van der Waals surface area contributed by atoms with Crippen molar-refractivity contribution in [2.75, 3.05) is 37.6 Å². The highest BCUT2D eigenvalue weighted by molar-refractivity contribution is 7.92. The van der Waals surface area contributed by atoms with Gasteiger partial charge in [-0.3, -0.25) is 0 Å². The van der Waals surface area contributed by atoms with E-state index < -0.39 is 42.5 Å². The molecule has 2 aromatic rings. The van der Waals surface area contributed by atoms with E-state index >= 15 is 0 Å². The van der Waals surface area contributed by atoms with Crippen molar-refractivity contribution in [1.82, 2.24) is 25.3 Å². The van der Waals surface area contributed by atoms with E-state index in [1.807, 2.05) is 4.90 Å². The highest BCUT2D eigenvalue weighted by Gasteiger charge is 2.33. The van der Waals surface area contributed by atoms with E-state index in [9.17, 15) is 21.9 Å². The molecule has 9 N–H and O–H groups in total. The van der Waals surface area contributed by atoms with Crippen LogP contribution in [0.1, 0.15) is 25.7 Å². The first kappa shape index (κ1) is 26.4. The zero-order chi connectivity index (χ0) is 24.9. The molecule has 3 rings (SSSR count). The molecule has 0 radical (unpaired) electrons. The van der Waals surface area contributed by atoms with E-state index in [0.717, 1.165) is 25.7 Å². The number of H-pyrrole nitrogens is 1. The fourth-order valence-electron chi connectivity index (χ4n) is 4.09. The Hall–Kier alpha value is -2.21. The molecule has 0 aliphatic carbocycles. The number of aliphatic hydroxyl groups excluding tert-OH is 1. The molecule has 14 nitrogen and oxygen atoms in total. The van der Waals surface area contributed by atoms with Crippen LogP contribution in [0, 0.1) is 5.92 Å². The van der Waals surface area contributed by atoms with Crippen molar-refractivity contribution < 1.29 is 21.9 Å². The van der Waals surface area contributed by atoms with Gasteiger partial charge in [-0.2, -0.15) is 5.21 Å². The van der Waals surface area contributed by atoms with Crippen LogP contribution in [0.2, 0.25) is 0 Å². The number of hydrogen-bond donors (Lipinski definition) is 6. The SMILES string of the molecule is NCCC1CCCN(c2ccc(S(=O)(=O)NC[C@H](O)CN)c(S(N)(=O)=O)c2-c2nn[nH]n2)CC1. The number of aliphatic hydroxyl groups is 1. The number of primary sulfonamides is 1. The van der Waals surface area contributed by atoms with Crippen molar-refractivity contribution in [2.45, 2.75) is 41.6 Å². The molecule has 1 saturated heterocycles. The Kier molecular flexibility index (Phi) is 8.56. The van der Waals surface area contributed by atoms with Gasteiger partial charge in [-0.15, -0.1) is 10.2 Å². The molecule has 2 atom stereocenters. The Morgan fingerprint density at radius 3 is 2.59 bits per heavy atom. The molecule has 0 bridgehead atoms. The molecule has 34 heavy (non-hydrogen) atoms. The smallest absolute Gasteiger partial charge is 0.242 e. The third-order valence-corrected chi connectivity index (χ3v) is 8.38. The minimum Gasteiger partial charge on any atom is -0.390 e. The van der Waals surface area contributed by atoms with Crippen LogP contribution in [0.3, 0.4) is 0 Å². The van der Waals surface area contributed by atoms with Crippen molar-refractivity contribution in [3.63, 3.8) is 0 Å². The average molecular weight is 518 g/mol. The average Bonchev–Trinajstić information content (AvgIpc) is 3.23. The van der Waals surface area contributed by atoms with Crippen molar-refractivity contribution in [1.29, 1.82) is 0 Å². The number of tetrazole rings is 1. The maximum atomic E-state index is 13.0. The number of rotatable bonds is 10. The van der Waals surface area contributed by atoms with Gasteiger partial charge in [0, 0.05) is 31.9 Å². The molecule has 1 unspecified atom stereocenters. The minimum atomic E-state index is -4.58. The van der Waals surface area contributed by atoms with Gasteiger partial charge in [-0.25, -0.2) is 26.7 Å². The first-order valence-electron chi connectivity index (χ1n) is 10.8. The van der Waals surface area contributed by atoms with Gasteiger partial charge in [0.05, 0.1) is 11.7 Å². The summed E-state index contributed by atoms with van der Waals surface area (Å²) in [5, 5.41) is 28.8. The molecular weight excluding hydrogens is 486 g/mol. The summed E-state index contributed by atoms with van der Waals surface area (Å²) in [6.07, 6.45) is 2.41. The number of aromatic nitrogens is 4. The van der Waals surface area contributed by atoms with Gasteiger partial charge < -0.3 is 21.5 Å². The molecule has 16 heteroatoms. The van der Waals surface area contributed by atoms with Crippen LogP contribution in [-0.2, 0) is 20.0 Å². The van der Waals surface area contributed by atoms with E-state index in [4.69, 9.17) is 16.6 Å². The predicted octanol–water partition coefficient (Wildman–Crippen LogP) is -1.93. The largest absolute Gasteiger partial charge is 0.390 e. The lowest BCUT2D eigenvalue weighted by atomic mass is 9.97. The molecule has 0 amide bonds. The number of nitrogens with zero attached hydrogens (tertiary/aromatic N) is 4. The lowest BCUT2D eigenvalue weighted by Gasteiger charge is -2.27. The summed E-state index contributed by atoms with van der Waals surface area (Å²) in [5.74, 6) is 0.333. The summed E-state index contributed by atoms with van der Waals surface area (Å²) < 4.78 is 53.7. The highest BCUT2D eigenvalue weighted by Crippen LogP contribution is 2.39. The Bertz CT molecular complexity index is 1170. The van der Waals surface area contributed by atoms with Crippen molar-refractivity contribution in [3.05, 3.63) is 12.1 Å². The van der Waals surface area contributed by atoms with Crippen LogP contribution in [0.15, 0.2) is 21.9 Å². The number of sulfonamides is 2. The molecule has 0 spiro atoms. The van der Waals surface area contributed by atoms with Crippen LogP contribution in [0.4, 0.5) is 5.69 Å². The monoisotopic (exact) mass is 517 g/mol. The second kappa shape index (κ2) is 11.0. The van der Waals surface area contributed by atoms with Gasteiger partial charge in [0.15, 0.2) is 0 Å². The van der Waals surface area contributed by atoms with Gasteiger partial charge in [0.1, 0.15) is 9.79 Å². The standard InChI is InChI=1S/C18H31N9O5S2/c19-7-5-12-2-1-8-27(9-6-12)14-3-4-15(34(31,32)22-11-13(28)10-20)17(33(21,29)30)16(14)18-23-25-26-24-18/h3-4,12-13,22,28H,1-2,5-11,19-20H2,(H2,21,29,30)(H,23,24,25,26)/t12?,13-/m1/s1. The summed E-state index contributed by atoms with van der Waals surface area (Å²) in [4.78, 5) is 0.737. The summed E-state index contributed by atoms with van der Waals surface area (Å²) in [6, 6.07) is 2.69. The summed E-state index contributed by atoms with van der Waals surface area (Å²) >= 11 is 0. The molecule has 1 aromatic heterocycles. The maximum absolute atomic E-state index is 13.0. The number of nitrogens with one attached hydrogen (secondary N) is 2. The summed E-state index contributed by atoms with van der Waals surface area (Å²) in [7, 11) is -8.99. The third kappa shape index (κ3) is 6.07. The molecule has 1 aliphatic rings. The normalized spacial score (nSPS) is 18.6. The summed E-state index contributed by atoms with van der Waals surface area (Å²) in [6.45, 7) is 1.22. The molecule has 1 aromatic carbocycles. The molecule has 0 saturated carbocycles. The van der Waals surface area contributed by atoms with Crippen LogP contribution < -0.4 is 26.2 Å². The highest BCUT2D eigenvalue weighted by atomic mass is 32.2. The second-order valence-electron chi connectivity index (χ2n) is 8.17. The van der Waals surface area contributed by atoms with Gasteiger partial charge in [0.2, 0.25) is 25.9 Å². The Morgan fingerprint density at radius 1 is 1.21 bits per heavy atom. The fraction of sp³-hybridized carbons (Fsp3) is 0.611. The van der Waals surface area contributed by atoms with E-state index in [1.165, 1.54) is 12.1 Å².